The monoisotopic (exact) mass is 339 g/mol. The number of likely N-dealkylation sites (N-methyl/N-ethyl adjacent to an activating group) is 1. The van der Waals surface area contributed by atoms with Crippen LogP contribution in [-0.4, -0.2) is 43.4 Å². The highest BCUT2D eigenvalue weighted by Gasteiger charge is 2.14. The first-order valence-electron chi connectivity index (χ1n) is 8.51. The topological polar surface area (TPSA) is 52.7 Å². The molecule has 5 nitrogen and oxygen atoms in total. The first-order chi connectivity index (χ1) is 12.1. The van der Waals surface area contributed by atoms with Gasteiger partial charge in [0.05, 0.1) is 6.54 Å². The number of benzene rings is 2. The van der Waals surface area contributed by atoms with Gasteiger partial charge in [0, 0.05) is 37.1 Å². The summed E-state index contributed by atoms with van der Waals surface area (Å²) in [6.45, 7) is 5.43. The van der Waals surface area contributed by atoms with Crippen LogP contribution in [0.3, 0.4) is 0 Å². The molecule has 2 aromatic carbocycles. The van der Waals surface area contributed by atoms with E-state index in [1.54, 1.807) is 29.0 Å². The van der Waals surface area contributed by atoms with Gasteiger partial charge in [-0.2, -0.15) is 0 Å². The molecule has 0 fully saturated rings. The van der Waals surface area contributed by atoms with Gasteiger partial charge in [-0.25, -0.2) is 0 Å². The number of hydrogen-bond acceptors (Lipinski definition) is 3. The Labute approximate surface area is 149 Å². The molecule has 132 valence electrons. The van der Waals surface area contributed by atoms with E-state index in [1.165, 1.54) is 0 Å². The summed E-state index contributed by atoms with van der Waals surface area (Å²) < 4.78 is 0. The normalized spacial score (nSPS) is 10.2. The number of anilines is 2. The maximum absolute atomic E-state index is 12.4. The number of carbonyl (C=O) groups excluding carboxylic acids is 2. The maximum Gasteiger partial charge on any atom is 0.253 e. The lowest BCUT2D eigenvalue weighted by atomic mass is 10.1. The molecular weight excluding hydrogens is 314 g/mol. The van der Waals surface area contributed by atoms with Crippen molar-refractivity contribution < 1.29 is 9.59 Å². The largest absolute Gasteiger partial charge is 0.376 e. The van der Waals surface area contributed by atoms with Gasteiger partial charge in [-0.1, -0.05) is 24.3 Å². The van der Waals surface area contributed by atoms with Crippen molar-refractivity contribution in [3.63, 3.8) is 0 Å². The van der Waals surface area contributed by atoms with Crippen LogP contribution in [0.15, 0.2) is 54.6 Å². The van der Waals surface area contributed by atoms with Crippen molar-refractivity contribution in [1.29, 1.82) is 0 Å². The molecular formula is C20H25N3O2. The summed E-state index contributed by atoms with van der Waals surface area (Å²) in [5.74, 6) is -0.0481. The minimum absolute atomic E-state index is 0.00128. The average Bonchev–Trinajstić information content (AvgIpc) is 2.67. The predicted molar refractivity (Wildman–Crippen MR) is 102 cm³/mol. The van der Waals surface area contributed by atoms with E-state index in [9.17, 15) is 9.59 Å². The van der Waals surface area contributed by atoms with Gasteiger partial charge in [0.15, 0.2) is 0 Å². The van der Waals surface area contributed by atoms with E-state index in [-0.39, 0.29) is 18.4 Å². The summed E-state index contributed by atoms with van der Waals surface area (Å²) in [5.41, 5.74) is 2.23. The second-order valence-corrected chi connectivity index (χ2v) is 5.70. The lowest BCUT2D eigenvalue weighted by molar-refractivity contribution is -0.116. The SMILES string of the molecule is CCN(CC)C(=O)c1cccc(NCC(=O)N(C)c2ccccc2)c1. The molecule has 0 atom stereocenters. The van der Waals surface area contributed by atoms with E-state index in [1.807, 2.05) is 56.3 Å². The summed E-state index contributed by atoms with van der Waals surface area (Å²) in [6.07, 6.45) is 0. The van der Waals surface area contributed by atoms with Crippen molar-refractivity contribution in [3.05, 3.63) is 60.2 Å². The summed E-state index contributed by atoms with van der Waals surface area (Å²) in [6, 6.07) is 16.8. The zero-order valence-corrected chi connectivity index (χ0v) is 15.0. The molecule has 2 aromatic rings. The van der Waals surface area contributed by atoms with Crippen molar-refractivity contribution in [2.45, 2.75) is 13.8 Å². The number of rotatable bonds is 7. The summed E-state index contributed by atoms with van der Waals surface area (Å²) in [4.78, 5) is 28.1. The minimum atomic E-state index is -0.0494. The standard InChI is InChI=1S/C20H25N3O2/c1-4-23(5-2)20(25)16-10-9-11-17(14-16)21-15-19(24)22(3)18-12-7-6-8-13-18/h6-14,21H,4-5,15H2,1-3H3. The second-order valence-electron chi connectivity index (χ2n) is 5.70. The summed E-state index contributed by atoms with van der Waals surface area (Å²) in [7, 11) is 1.75. The van der Waals surface area contributed by atoms with Gasteiger partial charge in [0.1, 0.15) is 0 Å². The van der Waals surface area contributed by atoms with Crippen LogP contribution in [0.25, 0.3) is 0 Å². The van der Waals surface area contributed by atoms with Crippen molar-refractivity contribution in [2.75, 3.05) is 36.9 Å². The number of para-hydroxylation sites is 1. The van der Waals surface area contributed by atoms with Gasteiger partial charge in [0.25, 0.3) is 5.91 Å². The van der Waals surface area contributed by atoms with E-state index < -0.39 is 0 Å². The molecule has 1 N–H and O–H groups in total. The van der Waals surface area contributed by atoms with Crippen molar-refractivity contribution in [1.82, 2.24) is 4.90 Å². The third-order valence-electron chi connectivity index (χ3n) is 4.12. The van der Waals surface area contributed by atoms with Crippen LogP contribution in [0.1, 0.15) is 24.2 Å². The molecule has 5 heteroatoms. The van der Waals surface area contributed by atoms with Crippen LogP contribution in [0.2, 0.25) is 0 Å². The minimum Gasteiger partial charge on any atom is -0.376 e. The predicted octanol–water partition coefficient (Wildman–Crippen LogP) is 3.24. The van der Waals surface area contributed by atoms with Crippen LogP contribution < -0.4 is 10.2 Å². The quantitative estimate of drug-likeness (QED) is 0.842. The molecule has 0 saturated carbocycles. The fourth-order valence-electron chi connectivity index (χ4n) is 2.55. The third kappa shape index (κ3) is 4.83. The Morgan fingerprint density at radius 1 is 0.960 bits per heavy atom. The van der Waals surface area contributed by atoms with E-state index in [4.69, 9.17) is 0 Å². The molecule has 2 rings (SSSR count). The molecule has 25 heavy (non-hydrogen) atoms. The lowest BCUT2D eigenvalue weighted by Crippen LogP contribution is -2.32. The first kappa shape index (κ1) is 18.5. The van der Waals surface area contributed by atoms with Gasteiger partial charge in [0.2, 0.25) is 5.91 Å². The molecule has 0 bridgehead atoms. The Hall–Kier alpha value is -2.82. The van der Waals surface area contributed by atoms with Gasteiger partial charge in [-0.3, -0.25) is 9.59 Å². The molecule has 0 radical (unpaired) electrons. The molecule has 0 saturated heterocycles. The first-order valence-corrected chi connectivity index (χ1v) is 8.51. The summed E-state index contributed by atoms with van der Waals surface area (Å²) in [5, 5.41) is 3.10. The van der Waals surface area contributed by atoms with E-state index in [0.717, 1.165) is 11.4 Å². The van der Waals surface area contributed by atoms with Crippen molar-refractivity contribution in [2.24, 2.45) is 0 Å². The highest BCUT2D eigenvalue weighted by Crippen LogP contribution is 2.14. The molecule has 2 amide bonds. The molecule has 0 aliphatic heterocycles. The molecule has 0 aliphatic carbocycles. The highest BCUT2D eigenvalue weighted by atomic mass is 16.2. The zero-order chi connectivity index (χ0) is 18.2. The molecule has 0 heterocycles. The molecule has 0 spiro atoms. The number of nitrogens with zero attached hydrogens (tertiary/aromatic N) is 2. The van der Waals surface area contributed by atoms with E-state index >= 15 is 0 Å². The average molecular weight is 339 g/mol. The van der Waals surface area contributed by atoms with Gasteiger partial charge in [-0.05, 0) is 44.2 Å². The van der Waals surface area contributed by atoms with E-state index in [2.05, 4.69) is 5.32 Å². The fourth-order valence-corrected chi connectivity index (χ4v) is 2.55. The van der Waals surface area contributed by atoms with Gasteiger partial charge < -0.3 is 15.1 Å². The smallest absolute Gasteiger partial charge is 0.253 e. The molecule has 0 aromatic heterocycles. The van der Waals surface area contributed by atoms with Crippen LogP contribution in [0, 0.1) is 0 Å². The van der Waals surface area contributed by atoms with E-state index in [0.29, 0.717) is 18.7 Å². The Bertz CT molecular complexity index is 712. The van der Waals surface area contributed by atoms with Crippen molar-refractivity contribution in [3.8, 4) is 0 Å². The highest BCUT2D eigenvalue weighted by molar-refractivity contribution is 5.97. The third-order valence-corrected chi connectivity index (χ3v) is 4.12. The number of carbonyl (C=O) groups is 2. The van der Waals surface area contributed by atoms with Gasteiger partial charge >= 0.3 is 0 Å². The van der Waals surface area contributed by atoms with Crippen LogP contribution in [0.5, 0.6) is 0 Å². The molecule has 0 unspecified atom stereocenters. The number of amides is 2. The maximum atomic E-state index is 12.4. The Balaban J connectivity index is 2.00. The number of hydrogen-bond donors (Lipinski definition) is 1. The fraction of sp³-hybridized carbons (Fsp3) is 0.300. The van der Waals surface area contributed by atoms with Gasteiger partial charge in [-0.15, -0.1) is 0 Å². The molecule has 0 aliphatic rings. The number of nitrogens with one attached hydrogen (secondary N) is 1. The summed E-state index contributed by atoms with van der Waals surface area (Å²) >= 11 is 0. The Morgan fingerprint density at radius 2 is 1.64 bits per heavy atom. The van der Waals surface area contributed by atoms with Crippen molar-refractivity contribution >= 4 is 23.2 Å². The van der Waals surface area contributed by atoms with Crippen LogP contribution in [-0.2, 0) is 4.79 Å². The van der Waals surface area contributed by atoms with Crippen LogP contribution in [0.4, 0.5) is 11.4 Å². The van der Waals surface area contributed by atoms with Crippen LogP contribution >= 0.6 is 0 Å². The Kier molecular flexibility index (Phi) is 6.57. The zero-order valence-electron chi connectivity index (χ0n) is 15.0. The second kappa shape index (κ2) is 8.87. The lowest BCUT2D eigenvalue weighted by Gasteiger charge is -2.20. The Morgan fingerprint density at radius 3 is 2.28 bits per heavy atom.